The van der Waals surface area contributed by atoms with E-state index in [9.17, 15) is 9.59 Å². The van der Waals surface area contributed by atoms with Crippen molar-refractivity contribution in [1.29, 1.82) is 0 Å². The van der Waals surface area contributed by atoms with Crippen LogP contribution in [0.4, 0.5) is 4.79 Å². The molecule has 1 aliphatic heterocycles. The molecular weight excluding hydrogens is 244 g/mol. The van der Waals surface area contributed by atoms with Gasteiger partial charge < -0.3 is 14.9 Å². The molecule has 5 heteroatoms. The Morgan fingerprint density at radius 1 is 1.37 bits per heavy atom. The van der Waals surface area contributed by atoms with Crippen LogP contribution < -0.4 is 0 Å². The van der Waals surface area contributed by atoms with Crippen LogP contribution >= 0.6 is 0 Å². The minimum Gasteiger partial charge on any atom is -0.481 e. The summed E-state index contributed by atoms with van der Waals surface area (Å²) in [6.07, 6.45) is 2.79. The van der Waals surface area contributed by atoms with Gasteiger partial charge in [-0.25, -0.2) is 4.79 Å². The van der Waals surface area contributed by atoms with Gasteiger partial charge in [-0.05, 0) is 33.6 Å². The van der Waals surface area contributed by atoms with Gasteiger partial charge in [0.2, 0.25) is 0 Å². The topological polar surface area (TPSA) is 60.9 Å². The van der Waals surface area contributed by atoms with Crippen LogP contribution in [0.1, 0.15) is 33.6 Å². The van der Waals surface area contributed by atoms with Gasteiger partial charge in [0.05, 0.1) is 5.92 Å². The average Bonchev–Trinajstić information content (AvgIpc) is 2.34. The third-order valence-corrected chi connectivity index (χ3v) is 3.47. The summed E-state index contributed by atoms with van der Waals surface area (Å²) in [6.45, 7) is 11.2. The minimum absolute atomic E-state index is 0.0313. The lowest BCUT2D eigenvalue weighted by molar-refractivity contribution is -0.143. The van der Waals surface area contributed by atoms with Crippen LogP contribution in [-0.4, -0.2) is 52.1 Å². The van der Waals surface area contributed by atoms with Crippen molar-refractivity contribution in [3.05, 3.63) is 12.7 Å². The Hall–Kier alpha value is -1.52. The first kappa shape index (κ1) is 15.5. The highest BCUT2D eigenvalue weighted by Gasteiger charge is 2.32. The van der Waals surface area contributed by atoms with Crippen molar-refractivity contribution in [2.24, 2.45) is 5.92 Å². The predicted molar refractivity (Wildman–Crippen MR) is 74.0 cm³/mol. The van der Waals surface area contributed by atoms with E-state index in [4.69, 9.17) is 5.11 Å². The first-order chi connectivity index (χ1) is 8.77. The lowest BCUT2D eigenvalue weighted by Gasteiger charge is -2.40. The highest BCUT2D eigenvalue weighted by atomic mass is 16.4. The Balaban J connectivity index is 2.67. The number of aliphatic carboxylic acids is 1. The zero-order valence-corrected chi connectivity index (χ0v) is 12.1. The van der Waals surface area contributed by atoms with Crippen LogP contribution in [0.3, 0.4) is 0 Å². The summed E-state index contributed by atoms with van der Waals surface area (Å²) in [5.41, 5.74) is -0.269. The number of carbonyl (C=O) groups excluding carboxylic acids is 1. The molecule has 1 fully saturated rings. The Bertz CT molecular complexity index is 352. The van der Waals surface area contributed by atoms with Crippen molar-refractivity contribution >= 4 is 12.0 Å². The van der Waals surface area contributed by atoms with Gasteiger partial charge in [0.15, 0.2) is 0 Å². The highest BCUT2D eigenvalue weighted by Crippen LogP contribution is 2.21. The molecular formula is C14H24N2O3. The Morgan fingerprint density at radius 3 is 2.26 bits per heavy atom. The third kappa shape index (κ3) is 3.98. The standard InChI is InChI=1S/C14H24N2O3/c1-5-8-16(14(2,3)4)13(19)15-9-6-11(7-10-15)12(17)18/h5,11H,1,6-10H2,2-4H3,(H,17,18). The van der Waals surface area contributed by atoms with Crippen LogP contribution in [-0.2, 0) is 4.79 Å². The molecule has 5 nitrogen and oxygen atoms in total. The number of hydrogen-bond donors (Lipinski definition) is 1. The number of hydrogen-bond acceptors (Lipinski definition) is 2. The predicted octanol–water partition coefficient (Wildman–Crippen LogP) is 2.19. The number of likely N-dealkylation sites (tertiary alicyclic amines) is 1. The van der Waals surface area contributed by atoms with Gasteiger partial charge in [0.25, 0.3) is 0 Å². The summed E-state index contributed by atoms with van der Waals surface area (Å²) in [6, 6.07) is -0.0313. The molecule has 0 aromatic heterocycles. The summed E-state index contributed by atoms with van der Waals surface area (Å²) >= 11 is 0. The van der Waals surface area contributed by atoms with Crippen molar-refractivity contribution in [3.63, 3.8) is 0 Å². The van der Waals surface area contributed by atoms with E-state index < -0.39 is 5.97 Å². The zero-order valence-electron chi connectivity index (χ0n) is 12.1. The molecule has 2 amide bonds. The molecule has 0 aliphatic carbocycles. The minimum atomic E-state index is -0.758. The molecule has 0 atom stereocenters. The van der Waals surface area contributed by atoms with Crippen LogP contribution in [0.2, 0.25) is 0 Å². The van der Waals surface area contributed by atoms with Gasteiger partial charge in [0.1, 0.15) is 0 Å². The summed E-state index contributed by atoms with van der Waals surface area (Å²) < 4.78 is 0. The Morgan fingerprint density at radius 2 is 1.89 bits per heavy atom. The number of amides is 2. The van der Waals surface area contributed by atoms with E-state index in [0.717, 1.165) is 0 Å². The molecule has 1 N–H and O–H groups in total. The summed E-state index contributed by atoms with van der Waals surface area (Å²) in [4.78, 5) is 26.9. The number of carbonyl (C=O) groups is 2. The van der Waals surface area contributed by atoms with E-state index in [-0.39, 0.29) is 17.5 Å². The first-order valence-corrected chi connectivity index (χ1v) is 6.67. The maximum absolute atomic E-state index is 12.5. The number of urea groups is 1. The fraction of sp³-hybridized carbons (Fsp3) is 0.714. The largest absolute Gasteiger partial charge is 0.481 e. The van der Waals surface area contributed by atoms with Crippen molar-refractivity contribution < 1.29 is 14.7 Å². The van der Waals surface area contributed by atoms with Gasteiger partial charge in [0, 0.05) is 25.2 Å². The maximum Gasteiger partial charge on any atom is 0.320 e. The van der Waals surface area contributed by atoms with E-state index in [1.807, 2.05) is 20.8 Å². The highest BCUT2D eigenvalue weighted by molar-refractivity contribution is 5.76. The summed E-state index contributed by atoms with van der Waals surface area (Å²) in [5, 5.41) is 8.96. The fourth-order valence-corrected chi connectivity index (χ4v) is 2.26. The molecule has 19 heavy (non-hydrogen) atoms. The number of carboxylic acid groups (broad SMARTS) is 1. The SMILES string of the molecule is C=CCN(C(=O)N1CCC(C(=O)O)CC1)C(C)(C)C. The van der Waals surface area contributed by atoms with Crippen molar-refractivity contribution in [2.45, 2.75) is 39.2 Å². The normalized spacial score (nSPS) is 17.1. The maximum atomic E-state index is 12.5. The van der Waals surface area contributed by atoms with Crippen molar-refractivity contribution in [2.75, 3.05) is 19.6 Å². The van der Waals surface area contributed by atoms with E-state index in [1.165, 1.54) is 0 Å². The molecule has 0 bridgehead atoms. The van der Waals surface area contributed by atoms with Crippen molar-refractivity contribution in [1.82, 2.24) is 9.80 Å². The van der Waals surface area contributed by atoms with Crippen LogP contribution in [0.15, 0.2) is 12.7 Å². The smallest absolute Gasteiger partial charge is 0.320 e. The molecule has 108 valence electrons. The van der Waals surface area contributed by atoms with E-state index in [2.05, 4.69) is 6.58 Å². The van der Waals surface area contributed by atoms with Crippen LogP contribution in [0.25, 0.3) is 0 Å². The molecule has 0 radical (unpaired) electrons. The third-order valence-electron chi connectivity index (χ3n) is 3.47. The summed E-state index contributed by atoms with van der Waals surface area (Å²) in [7, 11) is 0. The second-order valence-corrected chi connectivity index (χ2v) is 5.95. The molecule has 0 saturated carbocycles. The zero-order chi connectivity index (χ0) is 14.6. The number of piperidine rings is 1. The second-order valence-electron chi connectivity index (χ2n) is 5.95. The number of carboxylic acids is 1. The van der Waals surface area contributed by atoms with E-state index in [0.29, 0.717) is 32.5 Å². The lowest BCUT2D eigenvalue weighted by Crippen LogP contribution is -2.53. The number of rotatable bonds is 3. The Labute approximate surface area is 114 Å². The molecule has 1 saturated heterocycles. The lowest BCUT2D eigenvalue weighted by atomic mass is 9.97. The summed E-state index contributed by atoms with van der Waals surface area (Å²) in [5.74, 6) is -1.07. The molecule has 0 unspecified atom stereocenters. The van der Waals surface area contributed by atoms with Gasteiger partial charge in [-0.3, -0.25) is 4.79 Å². The van der Waals surface area contributed by atoms with E-state index in [1.54, 1.807) is 15.9 Å². The Kier molecular flexibility index (Phi) is 4.97. The molecule has 1 rings (SSSR count). The molecule has 0 aromatic carbocycles. The molecule has 0 spiro atoms. The van der Waals surface area contributed by atoms with E-state index >= 15 is 0 Å². The van der Waals surface area contributed by atoms with Crippen molar-refractivity contribution in [3.8, 4) is 0 Å². The quantitative estimate of drug-likeness (QED) is 0.798. The van der Waals surface area contributed by atoms with Gasteiger partial charge >= 0.3 is 12.0 Å². The van der Waals surface area contributed by atoms with Crippen LogP contribution in [0.5, 0.6) is 0 Å². The fourth-order valence-electron chi connectivity index (χ4n) is 2.26. The number of nitrogens with zero attached hydrogens (tertiary/aromatic N) is 2. The first-order valence-electron chi connectivity index (χ1n) is 6.67. The van der Waals surface area contributed by atoms with Crippen LogP contribution in [0, 0.1) is 5.92 Å². The van der Waals surface area contributed by atoms with Gasteiger partial charge in [-0.15, -0.1) is 6.58 Å². The second kappa shape index (κ2) is 6.08. The van der Waals surface area contributed by atoms with Gasteiger partial charge in [-0.2, -0.15) is 0 Å². The molecule has 1 heterocycles. The van der Waals surface area contributed by atoms with Gasteiger partial charge in [-0.1, -0.05) is 6.08 Å². The molecule has 0 aromatic rings. The average molecular weight is 268 g/mol. The monoisotopic (exact) mass is 268 g/mol. The molecule has 1 aliphatic rings.